The molecule has 0 radical (unpaired) electrons. The van der Waals surface area contributed by atoms with Crippen LogP contribution < -0.4 is 10.6 Å². The summed E-state index contributed by atoms with van der Waals surface area (Å²) in [6.07, 6.45) is 1.18. The van der Waals surface area contributed by atoms with E-state index in [1.54, 1.807) is 0 Å². The number of hydrogen-bond donors (Lipinski definition) is 2. The number of aryl methyl sites for hydroxylation is 1. The zero-order valence-electron chi connectivity index (χ0n) is 11.3. The molecule has 0 saturated heterocycles. The largest absolute Gasteiger partial charge is 0.384 e. The predicted molar refractivity (Wildman–Crippen MR) is 82.9 cm³/mol. The number of benzene rings is 1. The van der Waals surface area contributed by atoms with Crippen molar-refractivity contribution in [3.05, 3.63) is 51.7 Å². The molecule has 1 unspecified atom stereocenters. The molecular formula is C16H20N2S. The zero-order valence-corrected chi connectivity index (χ0v) is 12.1. The second kappa shape index (κ2) is 5.76. The molecule has 19 heavy (non-hydrogen) atoms. The summed E-state index contributed by atoms with van der Waals surface area (Å²) in [7, 11) is 0. The lowest BCUT2D eigenvalue weighted by Crippen LogP contribution is -2.32. The van der Waals surface area contributed by atoms with Gasteiger partial charge >= 0.3 is 0 Å². The SMILES string of the molecule is Cc1ccc(CNCC2CNc3ccccc3C2)s1. The molecule has 2 aromatic rings. The van der Waals surface area contributed by atoms with Gasteiger partial charge in [-0.3, -0.25) is 0 Å². The lowest BCUT2D eigenvalue weighted by atomic mass is 9.94. The van der Waals surface area contributed by atoms with Crippen LogP contribution in [0.4, 0.5) is 5.69 Å². The molecule has 2 heterocycles. The highest BCUT2D eigenvalue weighted by atomic mass is 32.1. The summed E-state index contributed by atoms with van der Waals surface area (Å²) < 4.78 is 0. The van der Waals surface area contributed by atoms with Gasteiger partial charge in [0, 0.05) is 35.1 Å². The molecule has 1 atom stereocenters. The minimum absolute atomic E-state index is 0.691. The van der Waals surface area contributed by atoms with Gasteiger partial charge in [0.1, 0.15) is 0 Å². The van der Waals surface area contributed by atoms with E-state index in [0.29, 0.717) is 5.92 Å². The van der Waals surface area contributed by atoms with Crippen molar-refractivity contribution in [2.75, 3.05) is 18.4 Å². The van der Waals surface area contributed by atoms with Gasteiger partial charge in [-0.05, 0) is 43.0 Å². The van der Waals surface area contributed by atoms with Crippen molar-refractivity contribution in [2.24, 2.45) is 5.92 Å². The maximum atomic E-state index is 3.59. The first-order valence-corrected chi connectivity index (χ1v) is 7.71. The van der Waals surface area contributed by atoms with E-state index >= 15 is 0 Å². The van der Waals surface area contributed by atoms with Crippen molar-refractivity contribution in [2.45, 2.75) is 19.9 Å². The van der Waals surface area contributed by atoms with E-state index in [2.05, 4.69) is 54.0 Å². The third kappa shape index (κ3) is 3.17. The maximum Gasteiger partial charge on any atom is 0.0372 e. The van der Waals surface area contributed by atoms with Crippen LogP contribution in [0.2, 0.25) is 0 Å². The second-order valence-corrected chi connectivity index (χ2v) is 6.62. The molecule has 100 valence electrons. The molecule has 2 nitrogen and oxygen atoms in total. The number of rotatable bonds is 4. The molecule has 0 fully saturated rings. The molecule has 0 spiro atoms. The molecule has 0 bridgehead atoms. The summed E-state index contributed by atoms with van der Waals surface area (Å²) in [6, 6.07) is 13.1. The van der Waals surface area contributed by atoms with Crippen LogP contribution in [0.1, 0.15) is 15.3 Å². The Balaban J connectivity index is 1.50. The molecule has 3 heteroatoms. The Labute approximate surface area is 118 Å². The van der Waals surface area contributed by atoms with Crippen LogP contribution in [-0.4, -0.2) is 13.1 Å². The summed E-state index contributed by atoms with van der Waals surface area (Å²) in [5.74, 6) is 0.691. The number of anilines is 1. The summed E-state index contributed by atoms with van der Waals surface area (Å²) in [4.78, 5) is 2.83. The molecule has 0 saturated carbocycles. The van der Waals surface area contributed by atoms with E-state index in [0.717, 1.165) is 19.6 Å². The lowest BCUT2D eigenvalue weighted by molar-refractivity contribution is 0.485. The summed E-state index contributed by atoms with van der Waals surface area (Å²) in [6.45, 7) is 5.32. The van der Waals surface area contributed by atoms with Crippen molar-refractivity contribution >= 4 is 17.0 Å². The van der Waals surface area contributed by atoms with E-state index in [1.165, 1.54) is 27.4 Å². The maximum absolute atomic E-state index is 3.59. The Kier molecular flexibility index (Phi) is 3.85. The van der Waals surface area contributed by atoms with Gasteiger partial charge in [-0.2, -0.15) is 0 Å². The van der Waals surface area contributed by atoms with Crippen LogP contribution in [0.25, 0.3) is 0 Å². The van der Waals surface area contributed by atoms with E-state index in [4.69, 9.17) is 0 Å². The highest BCUT2D eigenvalue weighted by molar-refractivity contribution is 7.11. The fraction of sp³-hybridized carbons (Fsp3) is 0.375. The average Bonchev–Trinajstić information content (AvgIpc) is 2.84. The van der Waals surface area contributed by atoms with Gasteiger partial charge in [-0.1, -0.05) is 18.2 Å². The van der Waals surface area contributed by atoms with Gasteiger partial charge in [-0.15, -0.1) is 11.3 Å². The Bertz CT molecular complexity index is 547. The first-order valence-electron chi connectivity index (χ1n) is 6.89. The first kappa shape index (κ1) is 12.7. The molecule has 1 aliphatic heterocycles. The molecule has 2 N–H and O–H groups in total. The predicted octanol–water partition coefficient (Wildman–Crippen LogP) is 3.43. The highest BCUT2D eigenvalue weighted by Gasteiger charge is 2.17. The van der Waals surface area contributed by atoms with Gasteiger partial charge in [0.15, 0.2) is 0 Å². The van der Waals surface area contributed by atoms with Gasteiger partial charge in [0.25, 0.3) is 0 Å². The topological polar surface area (TPSA) is 24.1 Å². The van der Waals surface area contributed by atoms with Crippen molar-refractivity contribution in [1.29, 1.82) is 0 Å². The summed E-state index contributed by atoms with van der Waals surface area (Å²) in [5.41, 5.74) is 2.76. The minimum atomic E-state index is 0.691. The Hall–Kier alpha value is -1.32. The summed E-state index contributed by atoms with van der Waals surface area (Å²) >= 11 is 1.88. The fourth-order valence-corrected chi connectivity index (χ4v) is 3.49. The number of nitrogens with one attached hydrogen (secondary N) is 2. The molecular weight excluding hydrogens is 252 g/mol. The Morgan fingerprint density at radius 3 is 3.00 bits per heavy atom. The Morgan fingerprint density at radius 2 is 2.16 bits per heavy atom. The molecule has 1 aliphatic rings. The number of thiophene rings is 1. The minimum Gasteiger partial charge on any atom is -0.384 e. The van der Waals surface area contributed by atoms with Crippen LogP contribution in [0.3, 0.4) is 0 Å². The standard InChI is InChI=1S/C16H20N2S/c1-12-6-7-15(19-12)11-17-9-13-8-14-4-2-3-5-16(14)18-10-13/h2-7,13,17-18H,8-11H2,1H3. The van der Waals surface area contributed by atoms with Crippen LogP contribution in [0.5, 0.6) is 0 Å². The number of para-hydroxylation sites is 1. The third-order valence-electron chi connectivity index (χ3n) is 3.64. The molecule has 0 amide bonds. The zero-order chi connectivity index (χ0) is 13.1. The monoisotopic (exact) mass is 272 g/mol. The third-order valence-corrected chi connectivity index (χ3v) is 4.64. The highest BCUT2D eigenvalue weighted by Crippen LogP contribution is 2.24. The van der Waals surface area contributed by atoms with Crippen molar-refractivity contribution in [1.82, 2.24) is 5.32 Å². The smallest absolute Gasteiger partial charge is 0.0372 e. The average molecular weight is 272 g/mol. The van der Waals surface area contributed by atoms with Gasteiger partial charge in [-0.25, -0.2) is 0 Å². The van der Waals surface area contributed by atoms with E-state index in [-0.39, 0.29) is 0 Å². The van der Waals surface area contributed by atoms with E-state index in [9.17, 15) is 0 Å². The first-order chi connectivity index (χ1) is 9.31. The quantitative estimate of drug-likeness (QED) is 0.891. The molecule has 3 rings (SSSR count). The van der Waals surface area contributed by atoms with Crippen LogP contribution in [-0.2, 0) is 13.0 Å². The van der Waals surface area contributed by atoms with Crippen LogP contribution in [0, 0.1) is 12.8 Å². The van der Waals surface area contributed by atoms with Gasteiger partial charge in [0.2, 0.25) is 0 Å². The van der Waals surface area contributed by atoms with Gasteiger partial charge < -0.3 is 10.6 Å². The Morgan fingerprint density at radius 1 is 1.26 bits per heavy atom. The van der Waals surface area contributed by atoms with E-state index in [1.807, 2.05) is 11.3 Å². The molecule has 1 aromatic heterocycles. The second-order valence-electron chi connectivity index (χ2n) is 5.25. The fourth-order valence-electron chi connectivity index (χ4n) is 2.63. The van der Waals surface area contributed by atoms with E-state index < -0.39 is 0 Å². The lowest BCUT2D eigenvalue weighted by Gasteiger charge is -2.26. The van der Waals surface area contributed by atoms with Crippen molar-refractivity contribution in [3.63, 3.8) is 0 Å². The van der Waals surface area contributed by atoms with Crippen molar-refractivity contribution in [3.8, 4) is 0 Å². The molecule has 1 aromatic carbocycles. The normalized spacial score (nSPS) is 17.8. The number of hydrogen-bond acceptors (Lipinski definition) is 3. The number of fused-ring (bicyclic) bond motifs is 1. The van der Waals surface area contributed by atoms with Crippen LogP contribution in [0.15, 0.2) is 36.4 Å². The van der Waals surface area contributed by atoms with Crippen LogP contribution >= 0.6 is 11.3 Å². The van der Waals surface area contributed by atoms with Crippen molar-refractivity contribution < 1.29 is 0 Å². The summed E-state index contributed by atoms with van der Waals surface area (Å²) in [5, 5.41) is 7.11. The molecule has 0 aliphatic carbocycles. The van der Waals surface area contributed by atoms with Gasteiger partial charge in [0.05, 0.1) is 0 Å².